The van der Waals surface area contributed by atoms with E-state index in [1.165, 1.54) is 126 Å². The molecule has 0 saturated carbocycles. The van der Waals surface area contributed by atoms with Gasteiger partial charge in [-0.05, 0) is 112 Å². The van der Waals surface area contributed by atoms with Crippen LogP contribution in [0.3, 0.4) is 0 Å². The summed E-state index contributed by atoms with van der Waals surface area (Å²) in [6.07, 6.45) is 32.9. The van der Waals surface area contributed by atoms with E-state index >= 15 is 0 Å². The van der Waals surface area contributed by atoms with Crippen molar-refractivity contribution in [2.24, 2.45) is 47.3 Å². The summed E-state index contributed by atoms with van der Waals surface area (Å²) >= 11 is 0. The predicted molar refractivity (Wildman–Crippen MR) is 287 cm³/mol. The van der Waals surface area contributed by atoms with E-state index in [-0.39, 0.29) is 0 Å². The van der Waals surface area contributed by atoms with Gasteiger partial charge in [0.25, 0.3) is 0 Å². The first-order valence-electron chi connectivity index (χ1n) is 27.9. The van der Waals surface area contributed by atoms with Crippen LogP contribution in [0, 0.1) is 47.3 Å². The van der Waals surface area contributed by atoms with Crippen molar-refractivity contribution >= 4 is 0 Å². The van der Waals surface area contributed by atoms with Crippen molar-refractivity contribution in [3.05, 3.63) is 47.6 Å². The zero-order chi connectivity index (χ0) is 50.7. The minimum atomic E-state index is 0.636. The van der Waals surface area contributed by atoms with Crippen molar-refractivity contribution in [2.75, 3.05) is 0 Å². The zero-order valence-electron chi connectivity index (χ0n) is 47.3. The van der Waals surface area contributed by atoms with Crippen LogP contribution in [0.5, 0.6) is 0 Å². The average Bonchev–Trinajstić information content (AvgIpc) is 4.09. The minimum absolute atomic E-state index is 0.636. The number of nitrogens with zero attached hydrogens (tertiary/aromatic N) is 12. The molecule has 392 valence electrons. The summed E-state index contributed by atoms with van der Waals surface area (Å²) in [5.74, 6) is 6.04. The van der Waals surface area contributed by atoms with Gasteiger partial charge in [-0.25, -0.2) is 18.7 Å². The second kappa shape index (κ2) is 38.3. The Bertz CT molecular complexity index is 1580. The maximum Gasteiger partial charge on any atom is 0.0725 e. The molecule has 0 N–H and O–H groups in total. The van der Waals surface area contributed by atoms with Gasteiger partial charge < -0.3 is 0 Å². The minimum Gasteiger partial charge on any atom is -0.249 e. The Labute approximate surface area is 418 Å². The SMILES string of the molecule is CC(C)CCCCCc1cnnn1CC(C)C.CC(C)CCCCCc1cnnn1CC(C)C.CC(C)CCCCc1cnnn1CCC(C)C.CC(C)CCCCc1cnnn1CCC(C)C. The molecule has 0 aromatic carbocycles. The van der Waals surface area contributed by atoms with E-state index in [2.05, 4.69) is 171 Å². The average molecular weight is 950 g/mol. The van der Waals surface area contributed by atoms with Crippen molar-refractivity contribution in [1.82, 2.24) is 60.0 Å². The molecule has 12 heteroatoms. The number of unbranched alkanes of at least 4 members (excludes halogenated alkanes) is 6. The largest absolute Gasteiger partial charge is 0.249 e. The summed E-state index contributed by atoms with van der Waals surface area (Å²) in [6, 6.07) is 0. The second-order valence-electron chi connectivity index (χ2n) is 23.1. The van der Waals surface area contributed by atoms with Gasteiger partial charge in [-0.2, -0.15) is 0 Å². The monoisotopic (exact) mass is 949 g/mol. The van der Waals surface area contributed by atoms with Crippen LogP contribution in [0.4, 0.5) is 0 Å². The van der Waals surface area contributed by atoms with Gasteiger partial charge in [-0.3, -0.25) is 0 Å². The van der Waals surface area contributed by atoms with Gasteiger partial charge in [-0.1, -0.05) is 196 Å². The molecule has 0 aliphatic rings. The van der Waals surface area contributed by atoms with E-state index in [0.29, 0.717) is 11.8 Å². The quantitative estimate of drug-likeness (QED) is 0.0444. The Morgan fingerprint density at radius 2 is 0.515 bits per heavy atom. The fraction of sp³-hybridized carbons (Fsp3) is 0.857. The first-order chi connectivity index (χ1) is 32.4. The van der Waals surface area contributed by atoms with Crippen molar-refractivity contribution < 1.29 is 0 Å². The molecule has 0 aliphatic heterocycles. The lowest BCUT2D eigenvalue weighted by atomic mass is 10.0. The molecule has 4 aromatic rings. The number of aryl methyl sites for hydroxylation is 6. The maximum absolute atomic E-state index is 4.17. The molecule has 0 spiro atoms. The van der Waals surface area contributed by atoms with E-state index < -0.39 is 0 Å². The lowest BCUT2D eigenvalue weighted by molar-refractivity contribution is 0.453. The fourth-order valence-corrected chi connectivity index (χ4v) is 7.82. The Kier molecular flexibility index (Phi) is 35.3. The molecule has 0 saturated heterocycles. The second-order valence-corrected chi connectivity index (χ2v) is 23.1. The molecule has 0 aliphatic carbocycles. The normalized spacial score (nSPS) is 11.6. The van der Waals surface area contributed by atoms with Crippen LogP contribution >= 0.6 is 0 Å². The molecule has 4 heterocycles. The van der Waals surface area contributed by atoms with Gasteiger partial charge in [0.05, 0.1) is 47.6 Å². The third-order valence-corrected chi connectivity index (χ3v) is 12.1. The van der Waals surface area contributed by atoms with E-state index in [1.807, 2.05) is 24.8 Å². The molecule has 0 fully saturated rings. The van der Waals surface area contributed by atoms with Gasteiger partial charge >= 0.3 is 0 Å². The molecule has 4 rings (SSSR count). The van der Waals surface area contributed by atoms with Crippen LogP contribution in [0.1, 0.15) is 236 Å². The van der Waals surface area contributed by atoms with Crippen LogP contribution < -0.4 is 0 Å². The molecule has 0 amide bonds. The molecule has 0 unspecified atom stereocenters. The molecule has 0 radical (unpaired) electrons. The third-order valence-electron chi connectivity index (χ3n) is 12.1. The highest BCUT2D eigenvalue weighted by molar-refractivity contribution is 4.96. The number of aromatic nitrogens is 12. The topological polar surface area (TPSA) is 123 Å². The van der Waals surface area contributed by atoms with Crippen molar-refractivity contribution in [1.29, 1.82) is 0 Å². The Morgan fingerprint density at radius 3 is 0.779 bits per heavy atom. The number of rotatable bonds is 32. The van der Waals surface area contributed by atoms with Crippen molar-refractivity contribution in [3.8, 4) is 0 Å². The van der Waals surface area contributed by atoms with Gasteiger partial charge in [0.15, 0.2) is 0 Å². The Hall–Kier alpha value is -3.44. The Morgan fingerprint density at radius 1 is 0.279 bits per heavy atom. The number of hydrogen-bond acceptors (Lipinski definition) is 8. The summed E-state index contributed by atoms with van der Waals surface area (Å²) in [5, 5.41) is 32.7. The highest BCUT2D eigenvalue weighted by atomic mass is 15.4. The van der Waals surface area contributed by atoms with E-state index in [9.17, 15) is 0 Å². The molecule has 12 nitrogen and oxygen atoms in total. The number of hydrogen-bond donors (Lipinski definition) is 0. The van der Waals surface area contributed by atoms with Gasteiger partial charge in [0, 0.05) is 26.2 Å². The third kappa shape index (κ3) is 33.2. The van der Waals surface area contributed by atoms with Crippen LogP contribution in [-0.4, -0.2) is 60.0 Å². The first-order valence-corrected chi connectivity index (χ1v) is 27.9. The highest BCUT2D eigenvalue weighted by Gasteiger charge is 2.09. The van der Waals surface area contributed by atoms with E-state index in [1.54, 1.807) is 0 Å². The Balaban J connectivity index is 0.000000453. The van der Waals surface area contributed by atoms with Gasteiger partial charge in [0.1, 0.15) is 0 Å². The molecular weight excluding hydrogens is 841 g/mol. The standard InChI is InChI=1S/4C14H27N3/c2*1-12(2)7-5-6-8-14-11-15-16-17(14)10-9-13(3)4;2*1-12(2)8-6-5-7-9-14-10-15-16-17(14)11-13(3)4/h2*11-13H,5-10H2,1-4H3;2*10,12-13H,5-9,11H2,1-4H3. The van der Waals surface area contributed by atoms with E-state index in [0.717, 1.165) is 87.4 Å². The van der Waals surface area contributed by atoms with E-state index in [4.69, 9.17) is 0 Å². The van der Waals surface area contributed by atoms with Crippen molar-refractivity contribution in [3.63, 3.8) is 0 Å². The molecule has 0 bridgehead atoms. The van der Waals surface area contributed by atoms with Crippen LogP contribution in [0.2, 0.25) is 0 Å². The predicted octanol–water partition coefficient (Wildman–Crippen LogP) is 14.8. The molecular formula is C56H108N12. The molecule has 0 atom stereocenters. The zero-order valence-corrected chi connectivity index (χ0v) is 47.3. The fourth-order valence-electron chi connectivity index (χ4n) is 7.82. The molecule has 4 aromatic heterocycles. The summed E-state index contributed by atoms with van der Waals surface area (Å²) in [4.78, 5) is 0. The summed E-state index contributed by atoms with van der Waals surface area (Å²) in [7, 11) is 0. The summed E-state index contributed by atoms with van der Waals surface area (Å²) in [5.41, 5.74) is 5.19. The van der Waals surface area contributed by atoms with Crippen LogP contribution in [0.25, 0.3) is 0 Å². The van der Waals surface area contributed by atoms with Crippen LogP contribution in [0.15, 0.2) is 24.8 Å². The summed E-state index contributed by atoms with van der Waals surface area (Å²) < 4.78 is 8.28. The lowest BCUT2D eigenvalue weighted by Gasteiger charge is -2.08. The summed E-state index contributed by atoms with van der Waals surface area (Å²) in [6.45, 7) is 40.2. The first kappa shape index (κ1) is 62.6. The maximum atomic E-state index is 4.17. The van der Waals surface area contributed by atoms with Gasteiger partial charge in [-0.15, -0.1) is 20.4 Å². The smallest absolute Gasteiger partial charge is 0.0725 e. The lowest BCUT2D eigenvalue weighted by Crippen LogP contribution is -2.09. The highest BCUT2D eigenvalue weighted by Crippen LogP contribution is 2.15. The molecule has 68 heavy (non-hydrogen) atoms. The van der Waals surface area contributed by atoms with Crippen molar-refractivity contribution in [2.45, 2.75) is 265 Å². The van der Waals surface area contributed by atoms with Gasteiger partial charge in [0.2, 0.25) is 0 Å². The van der Waals surface area contributed by atoms with Crippen LogP contribution in [-0.2, 0) is 51.9 Å².